The molecule has 4 aliphatic rings. The summed E-state index contributed by atoms with van der Waals surface area (Å²) in [5.41, 5.74) is 1.62. The van der Waals surface area contributed by atoms with Crippen LogP contribution in [0, 0.1) is 41.4 Å². The summed E-state index contributed by atoms with van der Waals surface area (Å²) in [5, 5.41) is 0. The molecule has 0 aromatic heterocycles. The van der Waals surface area contributed by atoms with Crippen LogP contribution in [-0.4, -0.2) is 17.4 Å². The second kappa shape index (κ2) is 11.1. The molecule has 0 heterocycles. The number of ether oxygens (including phenoxy) is 1. The molecule has 0 bridgehead atoms. The molecule has 0 N–H and O–H groups in total. The summed E-state index contributed by atoms with van der Waals surface area (Å²) in [7, 11) is 0. The van der Waals surface area contributed by atoms with Crippen LogP contribution >= 0.6 is 0 Å². The number of rotatable bonds is 10. The number of terminal acetylenes is 1. The quantitative estimate of drug-likeness (QED) is 0.140. The molecule has 3 fully saturated rings. The Morgan fingerprint density at radius 2 is 1.86 bits per heavy atom. The summed E-state index contributed by atoms with van der Waals surface area (Å²) in [4.78, 5) is 25.1. The standard InChI is InChI=1S/C32H46O3/c1-5-8-9-10-11-12-13-14-29(34)35-32(7-3)20-19-28-27-17-15-24-21-25(33)16-18-26(24)30(27)23(4)22-31(28,32)6-2/h3,21,26-28,30H,4-6,8-20,22H2,1-2H3/t26-,27?,28?,30?,31-,32-/m0/s1. The summed E-state index contributed by atoms with van der Waals surface area (Å²) in [6.45, 7) is 9.08. The van der Waals surface area contributed by atoms with Crippen molar-refractivity contribution in [1.29, 1.82) is 0 Å². The number of carbonyl (C=O) groups excluding carboxylic acids is 2. The first kappa shape index (κ1) is 26.2. The van der Waals surface area contributed by atoms with E-state index in [1.165, 1.54) is 43.3 Å². The van der Waals surface area contributed by atoms with Crippen LogP contribution in [0.15, 0.2) is 23.8 Å². The molecule has 0 aromatic rings. The van der Waals surface area contributed by atoms with Crippen molar-refractivity contribution in [2.45, 2.75) is 122 Å². The third-order valence-electron chi connectivity index (χ3n) is 10.2. The Morgan fingerprint density at radius 1 is 1.11 bits per heavy atom. The Hall–Kier alpha value is -1.82. The fraction of sp³-hybridized carbons (Fsp3) is 0.750. The third kappa shape index (κ3) is 4.80. The number of hydrogen-bond acceptors (Lipinski definition) is 3. The first-order chi connectivity index (χ1) is 16.9. The molecular weight excluding hydrogens is 432 g/mol. The Morgan fingerprint density at radius 3 is 2.57 bits per heavy atom. The summed E-state index contributed by atoms with van der Waals surface area (Å²) in [6.07, 6.45) is 24.2. The second-order valence-electron chi connectivity index (χ2n) is 11.9. The predicted octanol–water partition coefficient (Wildman–Crippen LogP) is 7.74. The summed E-state index contributed by atoms with van der Waals surface area (Å²) in [5.74, 6) is 5.15. The van der Waals surface area contributed by atoms with Crippen LogP contribution in [0.2, 0.25) is 0 Å². The lowest BCUT2D eigenvalue weighted by molar-refractivity contribution is -0.170. The fourth-order valence-electron chi connectivity index (χ4n) is 8.53. The highest BCUT2D eigenvalue weighted by Gasteiger charge is 2.66. The van der Waals surface area contributed by atoms with Crippen LogP contribution in [0.5, 0.6) is 0 Å². The fourth-order valence-corrected chi connectivity index (χ4v) is 8.53. The van der Waals surface area contributed by atoms with Gasteiger partial charge in [0, 0.05) is 18.3 Å². The topological polar surface area (TPSA) is 43.4 Å². The van der Waals surface area contributed by atoms with E-state index in [1.54, 1.807) is 0 Å². The summed E-state index contributed by atoms with van der Waals surface area (Å²) < 4.78 is 6.33. The van der Waals surface area contributed by atoms with Gasteiger partial charge in [-0.2, -0.15) is 0 Å². The van der Waals surface area contributed by atoms with Crippen molar-refractivity contribution in [3.8, 4) is 12.3 Å². The number of fused-ring (bicyclic) bond motifs is 5. The van der Waals surface area contributed by atoms with E-state index in [2.05, 4.69) is 26.3 Å². The molecular formula is C32H46O3. The van der Waals surface area contributed by atoms with E-state index < -0.39 is 5.60 Å². The molecule has 3 nitrogen and oxygen atoms in total. The average molecular weight is 479 g/mol. The van der Waals surface area contributed by atoms with Crippen LogP contribution in [0.1, 0.15) is 117 Å². The molecule has 3 heteroatoms. The largest absolute Gasteiger partial charge is 0.445 e. The van der Waals surface area contributed by atoms with Crippen molar-refractivity contribution in [3.63, 3.8) is 0 Å². The number of hydrogen-bond donors (Lipinski definition) is 0. The van der Waals surface area contributed by atoms with E-state index in [0.717, 1.165) is 57.8 Å². The number of carbonyl (C=O) groups is 2. The molecule has 0 radical (unpaired) electrons. The maximum Gasteiger partial charge on any atom is 0.307 e. The van der Waals surface area contributed by atoms with Gasteiger partial charge in [-0.15, -0.1) is 6.42 Å². The molecule has 3 saturated carbocycles. The van der Waals surface area contributed by atoms with Gasteiger partial charge in [0.2, 0.25) is 0 Å². The zero-order valence-corrected chi connectivity index (χ0v) is 22.2. The lowest BCUT2D eigenvalue weighted by Gasteiger charge is -2.57. The molecule has 0 aromatic carbocycles. The smallest absolute Gasteiger partial charge is 0.307 e. The molecule has 0 spiro atoms. The molecule has 6 atom stereocenters. The number of unbranched alkanes of at least 4 members (excludes halogenated alkanes) is 6. The van der Waals surface area contributed by atoms with Gasteiger partial charge in [-0.3, -0.25) is 9.59 Å². The van der Waals surface area contributed by atoms with Gasteiger partial charge in [0.05, 0.1) is 0 Å². The molecule has 192 valence electrons. The van der Waals surface area contributed by atoms with Gasteiger partial charge in [-0.25, -0.2) is 0 Å². The van der Waals surface area contributed by atoms with Crippen LogP contribution in [0.3, 0.4) is 0 Å². The molecule has 4 aliphatic carbocycles. The second-order valence-corrected chi connectivity index (χ2v) is 11.9. The van der Waals surface area contributed by atoms with E-state index in [0.29, 0.717) is 42.3 Å². The highest BCUT2D eigenvalue weighted by molar-refractivity contribution is 5.91. The van der Waals surface area contributed by atoms with Gasteiger partial charge in [-0.05, 0) is 81.1 Å². The van der Waals surface area contributed by atoms with Gasteiger partial charge >= 0.3 is 5.97 Å². The molecule has 0 amide bonds. The van der Waals surface area contributed by atoms with E-state index in [1.807, 2.05) is 6.08 Å². The van der Waals surface area contributed by atoms with E-state index in [-0.39, 0.29) is 11.4 Å². The normalized spacial score (nSPS) is 36.0. The Labute approximate surface area is 213 Å². The SMILES string of the molecule is C#C[C@]1(OC(=O)CCCCCCCCC)CCC2C3CCC4=CC(=O)CC[C@@H]4C3C(=C)C[C@@]21CC. The molecule has 4 rings (SSSR count). The van der Waals surface area contributed by atoms with Crippen LogP contribution in [-0.2, 0) is 14.3 Å². The lowest BCUT2D eigenvalue weighted by atomic mass is 9.48. The minimum atomic E-state index is -0.808. The molecule has 0 saturated heterocycles. The number of allylic oxidation sites excluding steroid dienone is 2. The van der Waals surface area contributed by atoms with Crippen LogP contribution < -0.4 is 0 Å². The average Bonchev–Trinajstić information content (AvgIpc) is 3.17. The van der Waals surface area contributed by atoms with Gasteiger partial charge < -0.3 is 4.74 Å². The first-order valence-corrected chi connectivity index (χ1v) is 14.5. The zero-order chi connectivity index (χ0) is 25.1. The maximum absolute atomic E-state index is 13.0. The van der Waals surface area contributed by atoms with Crippen molar-refractivity contribution >= 4 is 11.8 Å². The minimum absolute atomic E-state index is 0.114. The molecule has 0 aliphatic heterocycles. The Kier molecular flexibility index (Phi) is 8.30. The Balaban J connectivity index is 1.45. The molecule has 3 unspecified atom stereocenters. The highest BCUT2D eigenvalue weighted by Crippen LogP contribution is 2.68. The van der Waals surface area contributed by atoms with Gasteiger partial charge in [-0.1, -0.05) is 76.0 Å². The van der Waals surface area contributed by atoms with E-state index in [9.17, 15) is 9.59 Å². The van der Waals surface area contributed by atoms with Crippen molar-refractivity contribution in [3.05, 3.63) is 23.8 Å². The summed E-state index contributed by atoms with van der Waals surface area (Å²) >= 11 is 0. The Bertz CT molecular complexity index is 891. The van der Waals surface area contributed by atoms with Crippen molar-refractivity contribution < 1.29 is 14.3 Å². The van der Waals surface area contributed by atoms with Crippen LogP contribution in [0.25, 0.3) is 0 Å². The minimum Gasteiger partial charge on any atom is -0.445 e. The van der Waals surface area contributed by atoms with Gasteiger partial charge in [0.25, 0.3) is 0 Å². The van der Waals surface area contributed by atoms with E-state index in [4.69, 9.17) is 11.2 Å². The van der Waals surface area contributed by atoms with Crippen molar-refractivity contribution in [2.75, 3.05) is 0 Å². The predicted molar refractivity (Wildman–Crippen MR) is 141 cm³/mol. The zero-order valence-electron chi connectivity index (χ0n) is 22.2. The van der Waals surface area contributed by atoms with Crippen molar-refractivity contribution in [1.82, 2.24) is 0 Å². The highest BCUT2D eigenvalue weighted by atomic mass is 16.6. The third-order valence-corrected chi connectivity index (χ3v) is 10.2. The summed E-state index contributed by atoms with van der Waals surface area (Å²) in [6, 6.07) is 0. The molecule has 35 heavy (non-hydrogen) atoms. The van der Waals surface area contributed by atoms with E-state index >= 15 is 0 Å². The monoisotopic (exact) mass is 478 g/mol. The van der Waals surface area contributed by atoms with Crippen LogP contribution in [0.4, 0.5) is 0 Å². The first-order valence-electron chi connectivity index (χ1n) is 14.5. The van der Waals surface area contributed by atoms with Gasteiger partial charge in [0.15, 0.2) is 11.4 Å². The lowest BCUT2D eigenvalue weighted by Crippen LogP contribution is -2.55. The van der Waals surface area contributed by atoms with Gasteiger partial charge in [0.1, 0.15) is 0 Å². The number of ketones is 1. The number of esters is 1. The maximum atomic E-state index is 13.0. The van der Waals surface area contributed by atoms with Crippen molar-refractivity contribution in [2.24, 2.45) is 29.1 Å².